The minimum atomic E-state index is -3.27. The molecule has 18 heavy (non-hydrogen) atoms. The van der Waals surface area contributed by atoms with Crippen molar-refractivity contribution >= 4 is 0 Å². The van der Waals surface area contributed by atoms with Gasteiger partial charge in [-0.3, -0.25) is 0 Å². The van der Waals surface area contributed by atoms with Crippen LogP contribution in [0.1, 0.15) is 44.0 Å². The lowest BCUT2D eigenvalue weighted by atomic mass is 9.86. The van der Waals surface area contributed by atoms with Crippen LogP contribution in [0, 0.1) is 6.92 Å². The fourth-order valence-corrected chi connectivity index (χ4v) is 1.93. The number of hydrogen-bond donors (Lipinski definition) is 0. The Morgan fingerprint density at radius 3 is 2.50 bits per heavy atom. The molecule has 0 saturated heterocycles. The fourth-order valence-electron chi connectivity index (χ4n) is 1.93. The van der Waals surface area contributed by atoms with Gasteiger partial charge < -0.3 is 0 Å². The zero-order valence-electron chi connectivity index (χ0n) is 19.5. The van der Waals surface area contributed by atoms with Crippen LogP contribution in [0.5, 0.6) is 0 Å². The third-order valence-corrected chi connectivity index (χ3v) is 3.00. The van der Waals surface area contributed by atoms with E-state index in [2.05, 4.69) is 0 Å². The smallest absolute Gasteiger partial charge is 0.201 e. The first-order chi connectivity index (χ1) is 12.1. The van der Waals surface area contributed by atoms with E-state index in [1.165, 1.54) is 18.3 Å². The van der Waals surface area contributed by atoms with Crippen molar-refractivity contribution in [2.24, 2.45) is 7.05 Å². The van der Waals surface area contributed by atoms with Gasteiger partial charge >= 0.3 is 0 Å². The minimum absolute atomic E-state index is 0.251. The molecule has 1 nitrogen and oxygen atoms in total. The molecule has 1 aromatic heterocycles. The monoisotopic (exact) mass is 249 g/mol. The zero-order chi connectivity index (χ0) is 20.8. The average Bonchev–Trinajstić information content (AvgIpc) is 2.46. The van der Waals surface area contributed by atoms with Gasteiger partial charge in [0.2, 0.25) is 5.69 Å². The molecule has 1 heteroatoms. The molecule has 94 valence electrons. The van der Waals surface area contributed by atoms with Crippen LogP contribution < -0.4 is 4.57 Å². The highest BCUT2D eigenvalue weighted by Crippen LogP contribution is 2.26. The van der Waals surface area contributed by atoms with Crippen molar-refractivity contribution in [3.05, 3.63) is 53.7 Å². The molecule has 0 unspecified atom stereocenters. The van der Waals surface area contributed by atoms with Crippen molar-refractivity contribution in [2.45, 2.75) is 32.9 Å². The van der Waals surface area contributed by atoms with E-state index in [-0.39, 0.29) is 5.56 Å². The second-order valence-corrected chi connectivity index (χ2v) is 4.48. The standard InChI is InChI=1S/C17H22N/c1-13-8-6-7-9-15(13)16-12-14(17(2,3)4)10-11-18(16)5/h6-12H,1-5H3/q+1/i2D3,3D3,4D3. The van der Waals surface area contributed by atoms with E-state index in [1.807, 2.05) is 25.1 Å². The average molecular weight is 249 g/mol. The summed E-state index contributed by atoms with van der Waals surface area (Å²) in [6, 6.07) is 9.98. The zero-order valence-corrected chi connectivity index (χ0v) is 10.5. The maximum atomic E-state index is 7.86. The topological polar surface area (TPSA) is 3.88 Å². The molecule has 0 aliphatic rings. The van der Waals surface area contributed by atoms with Gasteiger partial charge in [-0.05, 0) is 29.5 Å². The van der Waals surface area contributed by atoms with E-state index in [0.29, 0.717) is 5.69 Å². The Bertz CT molecular complexity index is 795. The minimum Gasteiger partial charge on any atom is -0.201 e. The number of nitrogens with zero attached hydrogens (tertiary/aromatic N) is 1. The van der Waals surface area contributed by atoms with Crippen LogP contribution in [0.4, 0.5) is 0 Å². The van der Waals surface area contributed by atoms with Gasteiger partial charge in [0.1, 0.15) is 7.05 Å². The molecule has 0 atom stereocenters. The predicted molar refractivity (Wildman–Crippen MR) is 76.5 cm³/mol. The lowest BCUT2D eigenvalue weighted by Gasteiger charge is -2.19. The molecular formula is C17H22N+. The van der Waals surface area contributed by atoms with E-state index in [4.69, 9.17) is 12.3 Å². The molecule has 0 fully saturated rings. The second-order valence-electron chi connectivity index (χ2n) is 4.48. The highest BCUT2D eigenvalue weighted by atomic mass is 14.9. The lowest BCUT2D eigenvalue weighted by Crippen LogP contribution is -2.31. The summed E-state index contributed by atoms with van der Waals surface area (Å²) in [6.45, 7) is -7.95. The van der Waals surface area contributed by atoms with Crippen LogP contribution >= 0.6 is 0 Å². The summed E-state index contributed by atoms with van der Waals surface area (Å²) in [5.41, 5.74) is -1.06. The van der Waals surface area contributed by atoms with Gasteiger partial charge in [0.25, 0.3) is 0 Å². The normalized spacial score (nSPS) is 21.1. The molecule has 2 rings (SSSR count). The second kappa shape index (κ2) is 4.56. The third kappa shape index (κ3) is 2.45. The fraction of sp³-hybridized carbons (Fsp3) is 0.353. The quantitative estimate of drug-likeness (QED) is 0.677. The van der Waals surface area contributed by atoms with Crippen LogP contribution in [0.3, 0.4) is 0 Å². The Morgan fingerprint density at radius 2 is 1.83 bits per heavy atom. The van der Waals surface area contributed by atoms with Gasteiger partial charge in [-0.25, -0.2) is 4.57 Å². The molecule has 1 aromatic carbocycles. The first-order valence-corrected chi connectivity index (χ1v) is 5.71. The van der Waals surface area contributed by atoms with Gasteiger partial charge in [-0.2, -0.15) is 0 Å². The van der Waals surface area contributed by atoms with Crippen LogP contribution in [0.25, 0.3) is 11.3 Å². The number of benzene rings is 1. The first-order valence-electron chi connectivity index (χ1n) is 10.2. The molecule has 0 saturated carbocycles. The Hall–Kier alpha value is -1.63. The SMILES string of the molecule is [2H]C([2H])([2H])C(c1cc[n+](C)c(-c2ccccc2C)c1)(C([2H])([2H])[2H])C([2H])([2H])[2H]. The van der Waals surface area contributed by atoms with Crippen LogP contribution in [-0.2, 0) is 12.5 Å². The summed E-state index contributed by atoms with van der Waals surface area (Å²) in [4.78, 5) is 0. The molecule has 0 spiro atoms. The predicted octanol–water partition coefficient (Wildman–Crippen LogP) is 3.78. The highest BCUT2D eigenvalue weighted by molar-refractivity contribution is 5.61. The lowest BCUT2D eigenvalue weighted by molar-refractivity contribution is -0.660. The molecule has 0 radical (unpaired) electrons. The van der Waals surface area contributed by atoms with Gasteiger partial charge in [-0.15, -0.1) is 0 Å². The summed E-state index contributed by atoms with van der Waals surface area (Å²) in [6.07, 6.45) is 1.50. The molecule has 0 amide bonds. The van der Waals surface area contributed by atoms with Gasteiger partial charge in [-0.1, -0.05) is 38.8 Å². The van der Waals surface area contributed by atoms with Gasteiger partial charge in [0, 0.05) is 30.0 Å². The van der Waals surface area contributed by atoms with E-state index >= 15 is 0 Å². The summed E-state index contributed by atoms with van der Waals surface area (Å²) in [5, 5.41) is 0. The Labute approximate surface area is 123 Å². The number of aryl methyl sites for hydroxylation is 2. The summed E-state index contributed by atoms with van der Waals surface area (Å²) >= 11 is 0. The van der Waals surface area contributed by atoms with Gasteiger partial charge in [0.05, 0.1) is 0 Å². The largest absolute Gasteiger partial charge is 0.212 e. The molecule has 0 aliphatic heterocycles. The van der Waals surface area contributed by atoms with Crippen molar-refractivity contribution in [2.75, 3.05) is 0 Å². The van der Waals surface area contributed by atoms with E-state index < -0.39 is 26.0 Å². The third-order valence-electron chi connectivity index (χ3n) is 3.00. The maximum Gasteiger partial charge on any atom is 0.212 e. The molecule has 0 bridgehead atoms. The molecule has 0 aliphatic carbocycles. The number of hydrogen-bond acceptors (Lipinski definition) is 0. The molecule has 1 heterocycles. The Kier molecular flexibility index (Phi) is 1.41. The van der Waals surface area contributed by atoms with E-state index in [1.54, 1.807) is 17.7 Å². The maximum absolute atomic E-state index is 7.86. The van der Waals surface area contributed by atoms with Crippen molar-refractivity contribution < 1.29 is 16.9 Å². The van der Waals surface area contributed by atoms with Crippen LogP contribution in [0.2, 0.25) is 0 Å². The summed E-state index contributed by atoms with van der Waals surface area (Å²) < 4.78 is 72.5. The summed E-state index contributed by atoms with van der Waals surface area (Å²) in [7, 11) is 1.73. The number of pyridine rings is 1. The van der Waals surface area contributed by atoms with Crippen molar-refractivity contribution in [3.63, 3.8) is 0 Å². The number of aromatic nitrogens is 1. The molecule has 0 N–H and O–H groups in total. The van der Waals surface area contributed by atoms with E-state index in [0.717, 1.165) is 11.1 Å². The Morgan fingerprint density at radius 1 is 1.11 bits per heavy atom. The van der Waals surface area contributed by atoms with Crippen molar-refractivity contribution in [1.29, 1.82) is 0 Å². The van der Waals surface area contributed by atoms with Crippen LogP contribution in [-0.4, -0.2) is 0 Å². The highest BCUT2D eigenvalue weighted by Gasteiger charge is 2.19. The van der Waals surface area contributed by atoms with Crippen molar-refractivity contribution in [3.8, 4) is 11.3 Å². The van der Waals surface area contributed by atoms with Crippen molar-refractivity contribution in [1.82, 2.24) is 0 Å². The van der Waals surface area contributed by atoms with E-state index in [9.17, 15) is 0 Å². The van der Waals surface area contributed by atoms with Crippen LogP contribution in [0.15, 0.2) is 42.6 Å². The molecule has 2 aromatic rings. The van der Waals surface area contributed by atoms with Gasteiger partial charge in [0.15, 0.2) is 6.20 Å². The number of rotatable bonds is 1. The molecular weight excluding hydrogens is 218 g/mol. The first kappa shape index (κ1) is 5.56. The Balaban J connectivity index is 2.91. The summed E-state index contributed by atoms with van der Waals surface area (Å²) in [5.74, 6) is 0.